The minimum atomic E-state index is -4.00. The van der Waals surface area contributed by atoms with Gasteiger partial charge in [-0.2, -0.15) is 0 Å². The van der Waals surface area contributed by atoms with Gasteiger partial charge in [0, 0.05) is 29.2 Å². The van der Waals surface area contributed by atoms with Crippen LogP contribution in [0.4, 0.5) is 11.4 Å². The third-order valence-corrected chi connectivity index (χ3v) is 6.92. The number of nitrogens with zero attached hydrogens (tertiary/aromatic N) is 1. The molecular formula is C27H25N3O4S. The number of amides is 1. The van der Waals surface area contributed by atoms with Crippen molar-refractivity contribution >= 4 is 27.3 Å². The molecule has 7 nitrogen and oxygen atoms in total. The molecule has 4 rings (SSSR count). The number of rotatable bonds is 7. The van der Waals surface area contributed by atoms with Crippen LogP contribution in [0.5, 0.6) is 5.75 Å². The van der Waals surface area contributed by atoms with Gasteiger partial charge in [-0.05, 0) is 66.9 Å². The molecule has 0 fully saturated rings. The van der Waals surface area contributed by atoms with Gasteiger partial charge >= 0.3 is 0 Å². The molecule has 0 aliphatic carbocycles. The van der Waals surface area contributed by atoms with Gasteiger partial charge in [-0.25, -0.2) is 8.42 Å². The zero-order valence-electron chi connectivity index (χ0n) is 19.6. The first kappa shape index (κ1) is 24.0. The fourth-order valence-electron chi connectivity index (χ4n) is 3.71. The molecule has 0 saturated carbocycles. The Morgan fingerprint density at radius 1 is 0.886 bits per heavy atom. The van der Waals surface area contributed by atoms with Crippen molar-refractivity contribution in [3.63, 3.8) is 0 Å². The van der Waals surface area contributed by atoms with Crippen LogP contribution in [-0.4, -0.2) is 26.4 Å². The summed E-state index contributed by atoms with van der Waals surface area (Å²) in [6.07, 6.45) is 3.41. The summed E-state index contributed by atoms with van der Waals surface area (Å²) in [5.74, 6) is -0.202. The van der Waals surface area contributed by atoms with Gasteiger partial charge in [0.15, 0.2) is 0 Å². The van der Waals surface area contributed by atoms with E-state index in [4.69, 9.17) is 4.74 Å². The fraction of sp³-hybridized carbons (Fsp3) is 0.111. The Morgan fingerprint density at radius 2 is 1.60 bits per heavy atom. The monoisotopic (exact) mass is 487 g/mol. The second kappa shape index (κ2) is 9.99. The zero-order chi connectivity index (χ0) is 25.0. The summed E-state index contributed by atoms with van der Waals surface area (Å²) in [7, 11) is -2.60. The van der Waals surface area contributed by atoms with Gasteiger partial charge in [-0.1, -0.05) is 36.4 Å². The number of nitrogens with one attached hydrogen (secondary N) is 2. The SMILES string of the molecule is COc1ccc(NC(=O)c2cccc(-c3cccnc3)c2)cc1S(=O)(=O)Nc1c(C)cccc1C. The number of anilines is 2. The number of hydrogen-bond donors (Lipinski definition) is 2. The van der Waals surface area contributed by atoms with Crippen LogP contribution < -0.4 is 14.8 Å². The van der Waals surface area contributed by atoms with Crippen molar-refractivity contribution in [2.75, 3.05) is 17.1 Å². The molecule has 0 bridgehead atoms. The van der Waals surface area contributed by atoms with Crippen LogP contribution in [0.15, 0.2) is 90.1 Å². The van der Waals surface area contributed by atoms with Gasteiger partial charge in [0.1, 0.15) is 10.6 Å². The first-order valence-corrected chi connectivity index (χ1v) is 12.4. The van der Waals surface area contributed by atoms with E-state index in [0.29, 0.717) is 16.9 Å². The highest BCUT2D eigenvalue weighted by Gasteiger charge is 2.22. The maximum absolute atomic E-state index is 13.3. The third kappa shape index (κ3) is 5.33. The topological polar surface area (TPSA) is 97.4 Å². The molecule has 8 heteroatoms. The summed E-state index contributed by atoms with van der Waals surface area (Å²) in [4.78, 5) is 17.0. The van der Waals surface area contributed by atoms with Crippen LogP contribution in [0.25, 0.3) is 11.1 Å². The minimum Gasteiger partial charge on any atom is -0.495 e. The number of aryl methyl sites for hydroxylation is 2. The normalized spacial score (nSPS) is 11.1. The number of benzene rings is 3. The van der Waals surface area contributed by atoms with Gasteiger partial charge in [-0.3, -0.25) is 14.5 Å². The van der Waals surface area contributed by atoms with Gasteiger partial charge in [-0.15, -0.1) is 0 Å². The average Bonchev–Trinajstić information content (AvgIpc) is 2.87. The second-order valence-corrected chi connectivity index (χ2v) is 9.67. The number of carbonyl (C=O) groups is 1. The van der Waals surface area contributed by atoms with Gasteiger partial charge in [0.25, 0.3) is 15.9 Å². The Labute approximate surface area is 204 Å². The summed E-state index contributed by atoms with van der Waals surface area (Å²) in [6.45, 7) is 3.66. The van der Waals surface area contributed by atoms with Crippen LogP contribution in [0.1, 0.15) is 21.5 Å². The number of aromatic nitrogens is 1. The van der Waals surface area contributed by atoms with Crippen molar-refractivity contribution in [2.24, 2.45) is 0 Å². The van der Waals surface area contributed by atoms with Crippen molar-refractivity contribution in [2.45, 2.75) is 18.7 Å². The number of methoxy groups -OCH3 is 1. The molecule has 0 aliphatic rings. The van der Waals surface area contributed by atoms with E-state index in [9.17, 15) is 13.2 Å². The van der Waals surface area contributed by atoms with Crippen molar-refractivity contribution in [3.05, 3.63) is 102 Å². The first-order chi connectivity index (χ1) is 16.8. The Bertz CT molecular complexity index is 1470. The second-order valence-electron chi connectivity index (χ2n) is 8.01. The smallest absolute Gasteiger partial charge is 0.265 e. The quantitative estimate of drug-likeness (QED) is 0.362. The van der Waals surface area contributed by atoms with Gasteiger partial charge in [0.2, 0.25) is 0 Å². The third-order valence-electron chi connectivity index (χ3n) is 5.55. The van der Waals surface area contributed by atoms with Crippen LogP contribution in [-0.2, 0) is 10.0 Å². The Kier molecular flexibility index (Phi) is 6.84. The lowest BCUT2D eigenvalue weighted by Crippen LogP contribution is -2.17. The zero-order valence-corrected chi connectivity index (χ0v) is 20.4. The van der Waals surface area contributed by atoms with E-state index >= 15 is 0 Å². The lowest BCUT2D eigenvalue weighted by molar-refractivity contribution is 0.102. The summed E-state index contributed by atoms with van der Waals surface area (Å²) in [6, 6.07) is 20.9. The van der Waals surface area contributed by atoms with Crippen molar-refractivity contribution in [1.29, 1.82) is 0 Å². The Hall–Kier alpha value is -4.17. The highest BCUT2D eigenvalue weighted by atomic mass is 32.2. The molecule has 1 heterocycles. The van der Waals surface area contributed by atoms with E-state index in [0.717, 1.165) is 22.3 Å². The van der Waals surface area contributed by atoms with Gasteiger partial charge in [0.05, 0.1) is 12.8 Å². The molecule has 0 unspecified atom stereocenters. The molecule has 0 saturated heterocycles. The maximum Gasteiger partial charge on any atom is 0.265 e. The van der Waals surface area contributed by atoms with E-state index in [1.54, 1.807) is 36.7 Å². The van der Waals surface area contributed by atoms with Gasteiger partial charge < -0.3 is 10.1 Å². The number of sulfonamides is 1. The fourth-order valence-corrected chi connectivity index (χ4v) is 5.11. The number of carbonyl (C=O) groups excluding carboxylic acids is 1. The number of pyridine rings is 1. The highest BCUT2D eigenvalue weighted by molar-refractivity contribution is 7.92. The molecule has 0 spiro atoms. The molecule has 1 amide bonds. The summed E-state index contributed by atoms with van der Waals surface area (Å²) >= 11 is 0. The summed E-state index contributed by atoms with van der Waals surface area (Å²) in [5.41, 5.74) is 4.59. The van der Waals surface area contributed by atoms with Crippen molar-refractivity contribution < 1.29 is 17.9 Å². The lowest BCUT2D eigenvalue weighted by Gasteiger charge is -2.16. The first-order valence-electron chi connectivity index (χ1n) is 10.9. The van der Waals surface area contributed by atoms with Crippen LogP contribution in [0.3, 0.4) is 0 Å². The molecule has 0 aliphatic heterocycles. The largest absolute Gasteiger partial charge is 0.495 e. The Morgan fingerprint density at radius 3 is 2.29 bits per heavy atom. The van der Waals surface area contributed by atoms with Crippen LogP contribution in [0.2, 0.25) is 0 Å². The van der Waals surface area contributed by atoms with Crippen LogP contribution >= 0.6 is 0 Å². The lowest BCUT2D eigenvalue weighted by atomic mass is 10.0. The number of ether oxygens (including phenoxy) is 1. The predicted octanol–water partition coefficient (Wildman–Crippen LogP) is 5.43. The van der Waals surface area contributed by atoms with Crippen molar-refractivity contribution in [1.82, 2.24) is 4.98 Å². The molecule has 2 N–H and O–H groups in total. The molecule has 0 radical (unpaired) electrons. The molecule has 35 heavy (non-hydrogen) atoms. The van der Waals surface area contributed by atoms with E-state index in [1.165, 1.54) is 19.2 Å². The minimum absolute atomic E-state index is 0.0791. The maximum atomic E-state index is 13.3. The highest BCUT2D eigenvalue weighted by Crippen LogP contribution is 2.31. The molecule has 1 aromatic heterocycles. The Balaban J connectivity index is 1.62. The molecular weight excluding hydrogens is 462 g/mol. The number of para-hydroxylation sites is 1. The number of hydrogen-bond acceptors (Lipinski definition) is 5. The molecule has 0 atom stereocenters. The van der Waals surface area contributed by atoms with E-state index < -0.39 is 10.0 Å². The van der Waals surface area contributed by atoms with E-state index in [-0.39, 0.29) is 16.6 Å². The molecule has 178 valence electrons. The van der Waals surface area contributed by atoms with Crippen LogP contribution in [0, 0.1) is 13.8 Å². The van der Waals surface area contributed by atoms with E-state index in [2.05, 4.69) is 15.0 Å². The van der Waals surface area contributed by atoms with E-state index in [1.807, 2.05) is 50.2 Å². The standard InChI is InChI=1S/C27H25N3O4S/c1-18-7-4-8-19(2)26(18)30-35(32,33)25-16-23(12-13-24(25)34-3)29-27(31)21-10-5-9-20(15-21)22-11-6-14-28-17-22/h4-17,30H,1-3H3,(H,29,31). The predicted molar refractivity (Wildman–Crippen MR) is 137 cm³/mol. The summed E-state index contributed by atoms with van der Waals surface area (Å²) < 4.78 is 34.5. The molecule has 3 aromatic carbocycles. The molecule has 4 aromatic rings. The average molecular weight is 488 g/mol. The van der Waals surface area contributed by atoms with Crippen molar-refractivity contribution in [3.8, 4) is 16.9 Å². The summed E-state index contributed by atoms with van der Waals surface area (Å²) in [5, 5.41) is 2.78.